The molecule has 134 valence electrons. The fourth-order valence-corrected chi connectivity index (χ4v) is 3.85. The van der Waals surface area contributed by atoms with E-state index in [1.165, 1.54) is 25.7 Å². The maximum Gasteiger partial charge on any atom is 0.344 e. The zero-order valence-electron chi connectivity index (χ0n) is 14.6. The van der Waals surface area contributed by atoms with E-state index < -0.39 is 17.5 Å². The van der Waals surface area contributed by atoms with Gasteiger partial charge in [0.1, 0.15) is 5.54 Å². The second kappa shape index (κ2) is 7.25. The first-order valence-corrected chi connectivity index (χ1v) is 9.08. The van der Waals surface area contributed by atoms with Gasteiger partial charge in [-0.25, -0.2) is 4.79 Å². The number of hydrogen-bond donors (Lipinski definition) is 2. The van der Waals surface area contributed by atoms with E-state index in [9.17, 15) is 14.4 Å². The van der Waals surface area contributed by atoms with Gasteiger partial charge in [0.25, 0.3) is 5.91 Å². The lowest BCUT2D eigenvalue weighted by Crippen LogP contribution is -2.48. The molecule has 3 rings (SSSR count). The molecule has 2 aliphatic rings. The SMILES string of the molecule is CC[C@@]1(c2ccccc2)NC(=O)N(NC(=O)CCC2CCCC2)C1=O. The number of hydrogen-bond acceptors (Lipinski definition) is 3. The number of benzene rings is 1. The monoisotopic (exact) mass is 343 g/mol. The minimum Gasteiger partial charge on any atom is -0.318 e. The molecule has 4 amide bonds. The third kappa shape index (κ3) is 3.38. The first-order valence-electron chi connectivity index (χ1n) is 9.08. The maximum atomic E-state index is 12.9. The first kappa shape index (κ1) is 17.5. The summed E-state index contributed by atoms with van der Waals surface area (Å²) in [4.78, 5) is 37.4. The van der Waals surface area contributed by atoms with Gasteiger partial charge in [-0.1, -0.05) is 62.9 Å². The van der Waals surface area contributed by atoms with Crippen LogP contribution in [0.2, 0.25) is 0 Å². The van der Waals surface area contributed by atoms with E-state index in [-0.39, 0.29) is 5.91 Å². The van der Waals surface area contributed by atoms with Gasteiger partial charge >= 0.3 is 6.03 Å². The minimum atomic E-state index is -1.11. The van der Waals surface area contributed by atoms with Crippen molar-refractivity contribution in [3.8, 4) is 0 Å². The van der Waals surface area contributed by atoms with Crippen molar-refractivity contribution in [2.24, 2.45) is 5.92 Å². The molecule has 0 unspecified atom stereocenters. The molecule has 0 aromatic heterocycles. The topological polar surface area (TPSA) is 78.5 Å². The number of urea groups is 1. The summed E-state index contributed by atoms with van der Waals surface area (Å²) < 4.78 is 0. The molecule has 1 aliphatic carbocycles. The predicted octanol–water partition coefficient (Wildman–Crippen LogP) is 2.85. The molecule has 1 saturated heterocycles. The highest BCUT2D eigenvalue weighted by molar-refractivity contribution is 6.08. The Hall–Kier alpha value is -2.37. The molecule has 1 aromatic rings. The van der Waals surface area contributed by atoms with E-state index in [1.807, 2.05) is 37.3 Å². The average molecular weight is 343 g/mol. The zero-order chi connectivity index (χ0) is 17.9. The molecule has 1 aromatic carbocycles. The van der Waals surface area contributed by atoms with Crippen molar-refractivity contribution < 1.29 is 14.4 Å². The summed E-state index contributed by atoms with van der Waals surface area (Å²) in [6, 6.07) is 8.56. The van der Waals surface area contributed by atoms with Crippen molar-refractivity contribution >= 4 is 17.8 Å². The van der Waals surface area contributed by atoms with E-state index >= 15 is 0 Å². The highest BCUT2D eigenvalue weighted by Gasteiger charge is 2.52. The highest BCUT2D eigenvalue weighted by atomic mass is 16.2. The molecule has 6 heteroatoms. The van der Waals surface area contributed by atoms with Gasteiger partial charge in [0.05, 0.1) is 0 Å². The number of carbonyl (C=O) groups excluding carboxylic acids is 3. The van der Waals surface area contributed by atoms with Crippen LogP contribution in [0.25, 0.3) is 0 Å². The number of nitrogens with one attached hydrogen (secondary N) is 2. The normalized spacial score (nSPS) is 23.8. The Bertz CT molecular complexity index is 655. The van der Waals surface area contributed by atoms with Crippen LogP contribution in [-0.4, -0.2) is 22.9 Å². The van der Waals surface area contributed by atoms with Crippen LogP contribution in [0.3, 0.4) is 0 Å². The number of nitrogens with zero attached hydrogens (tertiary/aromatic N) is 1. The summed E-state index contributed by atoms with van der Waals surface area (Å²) in [6.45, 7) is 1.84. The highest BCUT2D eigenvalue weighted by Crippen LogP contribution is 2.32. The van der Waals surface area contributed by atoms with Crippen LogP contribution in [0.4, 0.5) is 4.79 Å². The van der Waals surface area contributed by atoms with E-state index in [2.05, 4.69) is 10.7 Å². The van der Waals surface area contributed by atoms with Crippen molar-refractivity contribution in [2.45, 2.75) is 57.4 Å². The molecule has 2 fully saturated rings. The molecule has 1 aliphatic heterocycles. The zero-order valence-corrected chi connectivity index (χ0v) is 14.6. The Morgan fingerprint density at radius 2 is 1.92 bits per heavy atom. The molecule has 6 nitrogen and oxygen atoms in total. The molecule has 25 heavy (non-hydrogen) atoms. The van der Waals surface area contributed by atoms with Crippen molar-refractivity contribution in [1.82, 2.24) is 15.8 Å². The number of rotatable bonds is 6. The summed E-state index contributed by atoms with van der Waals surface area (Å²) in [7, 11) is 0. The molecule has 1 saturated carbocycles. The lowest BCUT2D eigenvalue weighted by atomic mass is 9.87. The van der Waals surface area contributed by atoms with Crippen LogP contribution >= 0.6 is 0 Å². The van der Waals surface area contributed by atoms with Crippen LogP contribution in [-0.2, 0) is 15.1 Å². The quantitative estimate of drug-likeness (QED) is 0.780. The Kier molecular flexibility index (Phi) is 5.06. The first-order chi connectivity index (χ1) is 12.1. The average Bonchev–Trinajstić information content (AvgIpc) is 3.23. The summed E-state index contributed by atoms with van der Waals surface area (Å²) in [5.74, 6) is -0.122. The predicted molar refractivity (Wildman–Crippen MR) is 93.1 cm³/mol. The van der Waals surface area contributed by atoms with Crippen LogP contribution in [0.1, 0.15) is 57.4 Å². The van der Waals surface area contributed by atoms with Crippen LogP contribution in [0, 0.1) is 5.92 Å². The van der Waals surface area contributed by atoms with E-state index in [4.69, 9.17) is 0 Å². The van der Waals surface area contributed by atoms with E-state index in [0.29, 0.717) is 18.8 Å². The summed E-state index contributed by atoms with van der Waals surface area (Å²) in [5, 5.41) is 3.60. The second-order valence-corrected chi connectivity index (χ2v) is 6.92. The number of imide groups is 1. The molecule has 0 radical (unpaired) electrons. The Morgan fingerprint density at radius 1 is 1.24 bits per heavy atom. The van der Waals surface area contributed by atoms with Crippen molar-refractivity contribution in [1.29, 1.82) is 0 Å². The van der Waals surface area contributed by atoms with E-state index in [1.54, 1.807) is 0 Å². The summed E-state index contributed by atoms with van der Waals surface area (Å²) in [5.41, 5.74) is 2.10. The second-order valence-electron chi connectivity index (χ2n) is 6.92. The number of hydrazine groups is 1. The molecule has 1 atom stereocenters. The number of carbonyl (C=O) groups is 3. The standard InChI is InChI=1S/C19H25N3O3/c1-2-19(15-10-4-3-5-11-15)17(24)22(18(25)20-19)21-16(23)13-12-14-8-6-7-9-14/h3-5,10-11,14H,2,6-9,12-13H2,1H3,(H,20,25)(H,21,23)/t19-/m0/s1. The Balaban J connectivity index is 1.67. The third-order valence-electron chi connectivity index (χ3n) is 5.38. The van der Waals surface area contributed by atoms with Gasteiger partial charge in [0.15, 0.2) is 0 Å². The fraction of sp³-hybridized carbons (Fsp3) is 0.526. The van der Waals surface area contributed by atoms with Crippen molar-refractivity contribution in [3.05, 3.63) is 35.9 Å². The molecule has 2 N–H and O–H groups in total. The fourth-order valence-electron chi connectivity index (χ4n) is 3.85. The maximum absolute atomic E-state index is 12.9. The van der Waals surface area contributed by atoms with Gasteiger partial charge < -0.3 is 5.32 Å². The van der Waals surface area contributed by atoms with Gasteiger partial charge in [0, 0.05) is 6.42 Å². The third-order valence-corrected chi connectivity index (χ3v) is 5.38. The number of amides is 4. The van der Waals surface area contributed by atoms with Crippen LogP contribution in [0.15, 0.2) is 30.3 Å². The van der Waals surface area contributed by atoms with E-state index in [0.717, 1.165) is 17.0 Å². The van der Waals surface area contributed by atoms with Crippen LogP contribution in [0.5, 0.6) is 0 Å². The lowest BCUT2D eigenvalue weighted by molar-refractivity contribution is -0.139. The Morgan fingerprint density at radius 3 is 2.56 bits per heavy atom. The van der Waals surface area contributed by atoms with Gasteiger partial charge in [-0.2, -0.15) is 5.01 Å². The van der Waals surface area contributed by atoms with Gasteiger partial charge in [0.2, 0.25) is 5.91 Å². The van der Waals surface area contributed by atoms with Gasteiger partial charge in [-0.05, 0) is 24.3 Å². The van der Waals surface area contributed by atoms with Gasteiger partial charge in [-0.15, -0.1) is 0 Å². The smallest absolute Gasteiger partial charge is 0.318 e. The van der Waals surface area contributed by atoms with Crippen LogP contribution < -0.4 is 10.7 Å². The molecule has 0 bridgehead atoms. The van der Waals surface area contributed by atoms with Crippen molar-refractivity contribution in [2.75, 3.05) is 0 Å². The largest absolute Gasteiger partial charge is 0.344 e. The lowest BCUT2D eigenvalue weighted by Gasteiger charge is -2.25. The van der Waals surface area contributed by atoms with Crippen molar-refractivity contribution in [3.63, 3.8) is 0 Å². The van der Waals surface area contributed by atoms with Gasteiger partial charge in [-0.3, -0.25) is 15.0 Å². The molecule has 0 spiro atoms. The summed E-state index contributed by atoms with van der Waals surface area (Å²) >= 11 is 0. The summed E-state index contributed by atoms with van der Waals surface area (Å²) in [6.07, 6.45) is 6.37. The molecular weight excluding hydrogens is 318 g/mol. The minimum absolute atomic E-state index is 0.282. The molecule has 1 heterocycles. The Labute approximate surface area is 147 Å². The molecular formula is C19H25N3O3.